The molecule has 0 unspecified atom stereocenters. The summed E-state index contributed by atoms with van der Waals surface area (Å²) in [5, 5.41) is 3.86. The van der Waals surface area contributed by atoms with Gasteiger partial charge in [-0.05, 0) is 67.7 Å². The van der Waals surface area contributed by atoms with Crippen LogP contribution >= 0.6 is 23.6 Å². The van der Waals surface area contributed by atoms with Crippen molar-refractivity contribution in [2.45, 2.75) is 30.6 Å². The van der Waals surface area contributed by atoms with Crippen LogP contribution in [-0.4, -0.2) is 53.8 Å². The molecule has 3 heterocycles. The van der Waals surface area contributed by atoms with Gasteiger partial charge in [-0.2, -0.15) is 4.31 Å². The van der Waals surface area contributed by atoms with Gasteiger partial charge in [-0.25, -0.2) is 18.1 Å². The summed E-state index contributed by atoms with van der Waals surface area (Å²) in [6, 6.07) is 6.35. The summed E-state index contributed by atoms with van der Waals surface area (Å²) in [4.78, 5) is 19.7. The van der Waals surface area contributed by atoms with Gasteiger partial charge in [0.1, 0.15) is 11.2 Å². The van der Waals surface area contributed by atoms with Crippen molar-refractivity contribution in [3.63, 3.8) is 0 Å². The van der Waals surface area contributed by atoms with Gasteiger partial charge in [-0.15, -0.1) is 11.3 Å². The van der Waals surface area contributed by atoms with E-state index < -0.39 is 10.0 Å². The second-order valence-corrected chi connectivity index (χ2v) is 11.3. The van der Waals surface area contributed by atoms with Crippen LogP contribution in [-0.2, 0) is 27.6 Å². The Bertz CT molecular complexity index is 1360. The van der Waals surface area contributed by atoms with Crippen molar-refractivity contribution in [3.8, 4) is 0 Å². The fourth-order valence-corrected chi connectivity index (χ4v) is 6.98. The summed E-state index contributed by atoms with van der Waals surface area (Å²) >= 11 is 6.96. The molecule has 33 heavy (non-hydrogen) atoms. The lowest BCUT2D eigenvalue weighted by molar-refractivity contribution is 0.0730. The number of anilines is 1. The van der Waals surface area contributed by atoms with Crippen molar-refractivity contribution in [2.75, 3.05) is 37.0 Å². The van der Waals surface area contributed by atoms with E-state index in [1.165, 1.54) is 32.3 Å². The van der Waals surface area contributed by atoms with Gasteiger partial charge in [0.25, 0.3) is 5.56 Å². The van der Waals surface area contributed by atoms with Gasteiger partial charge in [-0.1, -0.05) is 0 Å². The Morgan fingerprint density at radius 3 is 2.61 bits per heavy atom. The number of nitrogens with one attached hydrogen (secondary N) is 2. The van der Waals surface area contributed by atoms with Crippen LogP contribution in [0.5, 0.6) is 0 Å². The molecule has 2 N–H and O–H groups in total. The zero-order valence-electron chi connectivity index (χ0n) is 17.7. The molecule has 1 fully saturated rings. The van der Waals surface area contributed by atoms with Gasteiger partial charge >= 0.3 is 0 Å². The van der Waals surface area contributed by atoms with Crippen LogP contribution in [0.25, 0.3) is 10.2 Å². The third kappa shape index (κ3) is 4.41. The lowest BCUT2D eigenvalue weighted by atomic mass is 9.97. The molecule has 5 rings (SSSR count). The summed E-state index contributed by atoms with van der Waals surface area (Å²) in [6.45, 7) is 1.48. The highest BCUT2D eigenvalue weighted by atomic mass is 32.2. The Morgan fingerprint density at radius 1 is 1.12 bits per heavy atom. The minimum absolute atomic E-state index is 0.171. The summed E-state index contributed by atoms with van der Waals surface area (Å²) in [5.41, 5.74) is 4.42. The molecule has 1 aliphatic heterocycles. The first-order valence-electron chi connectivity index (χ1n) is 10.7. The van der Waals surface area contributed by atoms with Crippen LogP contribution in [0.4, 0.5) is 5.69 Å². The Balaban J connectivity index is 1.30. The van der Waals surface area contributed by atoms with Crippen LogP contribution in [0, 0.1) is 0 Å². The lowest BCUT2D eigenvalue weighted by Gasteiger charge is -2.26. The molecular weight excluding hydrogens is 482 g/mol. The molecule has 3 aromatic rings. The monoisotopic (exact) mass is 505 g/mol. The predicted molar refractivity (Wildman–Crippen MR) is 132 cm³/mol. The highest BCUT2D eigenvalue weighted by molar-refractivity contribution is 7.89. The summed E-state index contributed by atoms with van der Waals surface area (Å²) in [6.07, 6.45) is 5.57. The number of hydrogen-bond donors (Lipinski definition) is 2. The lowest BCUT2D eigenvalue weighted by Crippen LogP contribution is -2.40. The Kier molecular flexibility index (Phi) is 6.18. The van der Waals surface area contributed by atoms with Crippen LogP contribution in [0.1, 0.15) is 23.3 Å². The van der Waals surface area contributed by atoms with Gasteiger partial charge in [0.15, 0.2) is 5.11 Å². The Labute approximate surface area is 200 Å². The number of ether oxygens (including phenoxy) is 1. The SMILES string of the molecule is O=c1c2c3c(sc2ncn1NC(=S)Nc1ccc(S(=O)(=O)N2CCOCC2)cc1)CCCC3. The number of morpholine rings is 1. The van der Waals surface area contributed by atoms with Crippen LogP contribution in [0.3, 0.4) is 0 Å². The molecule has 1 aliphatic carbocycles. The molecule has 174 valence electrons. The van der Waals surface area contributed by atoms with Crippen molar-refractivity contribution < 1.29 is 13.2 Å². The average Bonchev–Trinajstić information content (AvgIpc) is 3.21. The van der Waals surface area contributed by atoms with Gasteiger partial charge in [0.2, 0.25) is 10.0 Å². The number of hydrogen-bond acceptors (Lipinski definition) is 7. The first-order valence-corrected chi connectivity index (χ1v) is 13.4. The maximum atomic E-state index is 13.1. The zero-order chi connectivity index (χ0) is 23.0. The van der Waals surface area contributed by atoms with E-state index in [2.05, 4.69) is 15.7 Å². The number of sulfonamides is 1. The van der Waals surface area contributed by atoms with Crippen molar-refractivity contribution in [2.24, 2.45) is 0 Å². The highest BCUT2D eigenvalue weighted by Crippen LogP contribution is 2.33. The van der Waals surface area contributed by atoms with Crippen molar-refractivity contribution in [1.82, 2.24) is 14.0 Å². The van der Waals surface area contributed by atoms with Crippen molar-refractivity contribution in [3.05, 3.63) is 51.4 Å². The number of thiocarbonyl (C=S) groups is 1. The van der Waals surface area contributed by atoms with E-state index in [0.29, 0.717) is 37.4 Å². The third-order valence-electron chi connectivity index (χ3n) is 5.82. The number of benzene rings is 1. The van der Waals surface area contributed by atoms with E-state index in [9.17, 15) is 13.2 Å². The quantitative estimate of drug-likeness (QED) is 0.521. The molecule has 0 radical (unpaired) electrons. The highest BCUT2D eigenvalue weighted by Gasteiger charge is 2.26. The molecule has 1 saturated heterocycles. The van der Waals surface area contributed by atoms with Crippen LogP contribution < -0.4 is 16.3 Å². The second-order valence-electron chi connectivity index (χ2n) is 7.92. The normalized spacial score (nSPS) is 17.0. The molecule has 1 aromatic carbocycles. The van der Waals surface area contributed by atoms with Crippen LogP contribution in [0.15, 0.2) is 40.3 Å². The fraction of sp³-hybridized carbons (Fsp3) is 0.381. The molecule has 0 atom stereocenters. The molecule has 0 bridgehead atoms. The number of fused-ring (bicyclic) bond motifs is 3. The largest absolute Gasteiger partial charge is 0.379 e. The molecule has 0 spiro atoms. The molecular formula is C21H23N5O4S3. The van der Waals surface area contributed by atoms with E-state index in [1.807, 2.05) is 0 Å². The second kappa shape index (κ2) is 9.11. The van der Waals surface area contributed by atoms with E-state index in [0.717, 1.165) is 36.1 Å². The fourth-order valence-electron chi connectivity index (χ4n) is 4.14. The smallest absolute Gasteiger partial charge is 0.281 e. The molecule has 9 nitrogen and oxygen atoms in total. The number of aromatic nitrogens is 2. The number of rotatable bonds is 4. The standard InChI is InChI=1S/C21H23N5O4S3/c27-20-18-16-3-1-2-4-17(16)32-19(18)22-13-26(20)24-21(31)23-14-5-7-15(8-6-14)33(28,29)25-9-11-30-12-10-25/h5-8,13H,1-4,9-12H2,(H2,23,24,31). The van der Waals surface area contributed by atoms with Gasteiger partial charge in [-0.3, -0.25) is 10.2 Å². The van der Waals surface area contributed by atoms with E-state index in [-0.39, 0.29) is 15.6 Å². The molecule has 2 aromatic heterocycles. The van der Waals surface area contributed by atoms with Gasteiger partial charge in [0, 0.05) is 23.7 Å². The van der Waals surface area contributed by atoms with Crippen LogP contribution in [0.2, 0.25) is 0 Å². The number of nitrogens with zero attached hydrogens (tertiary/aromatic N) is 3. The predicted octanol–water partition coefficient (Wildman–Crippen LogP) is 2.30. The first-order chi connectivity index (χ1) is 15.9. The minimum Gasteiger partial charge on any atom is -0.379 e. The summed E-state index contributed by atoms with van der Waals surface area (Å²) in [5.74, 6) is 0. The van der Waals surface area contributed by atoms with E-state index >= 15 is 0 Å². The molecule has 12 heteroatoms. The Hall–Kier alpha value is -2.38. The topological polar surface area (TPSA) is 106 Å². The summed E-state index contributed by atoms with van der Waals surface area (Å²) in [7, 11) is -3.56. The molecule has 0 saturated carbocycles. The molecule has 0 amide bonds. The Morgan fingerprint density at radius 2 is 1.85 bits per heavy atom. The summed E-state index contributed by atoms with van der Waals surface area (Å²) < 4.78 is 33.4. The van der Waals surface area contributed by atoms with Gasteiger partial charge < -0.3 is 10.1 Å². The first kappa shape index (κ1) is 22.4. The maximum absolute atomic E-state index is 13.1. The number of thiophene rings is 1. The van der Waals surface area contributed by atoms with E-state index in [4.69, 9.17) is 17.0 Å². The average molecular weight is 506 g/mol. The van der Waals surface area contributed by atoms with Gasteiger partial charge in [0.05, 0.1) is 23.5 Å². The number of aryl methyl sites for hydroxylation is 2. The van der Waals surface area contributed by atoms with Crippen molar-refractivity contribution in [1.29, 1.82) is 0 Å². The minimum atomic E-state index is -3.56. The third-order valence-corrected chi connectivity index (χ3v) is 9.12. The maximum Gasteiger partial charge on any atom is 0.281 e. The molecule has 2 aliphatic rings. The zero-order valence-corrected chi connectivity index (χ0v) is 20.2. The van der Waals surface area contributed by atoms with Crippen molar-refractivity contribution >= 4 is 54.6 Å². The van der Waals surface area contributed by atoms with E-state index in [1.54, 1.807) is 23.5 Å².